The fraction of sp³-hybridized carbons (Fsp3) is 0.529. The highest BCUT2D eigenvalue weighted by Crippen LogP contribution is 2.23. The first kappa shape index (κ1) is 17.8. The highest BCUT2D eigenvalue weighted by Gasteiger charge is 2.18. The molecule has 0 bridgehead atoms. The first-order valence-electron chi connectivity index (χ1n) is 9.17. The van der Waals surface area contributed by atoms with E-state index in [1.807, 2.05) is 6.92 Å². The van der Waals surface area contributed by atoms with E-state index in [1.54, 1.807) is 6.20 Å². The molecule has 2 aliphatic rings. The molecule has 144 valence electrons. The largest absolute Gasteiger partial charge is 0.476 e. The molecule has 0 radical (unpaired) electrons. The Morgan fingerprint density at radius 1 is 1.22 bits per heavy atom. The van der Waals surface area contributed by atoms with Crippen molar-refractivity contribution in [2.24, 2.45) is 0 Å². The second-order valence-corrected chi connectivity index (χ2v) is 6.38. The van der Waals surface area contributed by atoms with Crippen LogP contribution in [0.25, 0.3) is 16.7 Å². The summed E-state index contributed by atoms with van der Waals surface area (Å²) >= 11 is 0. The monoisotopic (exact) mass is 372 g/mol. The lowest BCUT2D eigenvalue weighted by Gasteiger charge is -2.28. The van der Waals surface area contributed by atoms with Gasteiger partial charge in [0.25, 0.3) is 0 Å². The van der Waals surface area contributed by atoms with Crippen molar-refractivity contribution in [3.63, 3.8) is 0 Å². The molecule has 0 aromatic carbocycles. The van der Waals surface area contributed by atoms with Crippen LogP contribution < -0.4 is 15.9 Å². The van der Waals surface area contributed by atoms with Crippen molar-refractivity contribution in [3.8, 4) is 5.88 Å². The van der Waals surface area contributed by atoms with Crippen molar-refractivity contribution in [1.29, 1.82) is 0 Å². The van der Waals surface area contributed by atoms with Gasteiger partial charge in [-0.1, -0.05) is 0 Å². The fourth-order valence-electron chi connectivity index (χ4n) is 3.13. The lowest BCUT2D eigenvalue weighted by atomic mass is 10.2. The Morgan fingerprint density at radius 3 is 2.89 bits per heavy atom. The zero-order chi connectivity index (χ0) is 18.6. The Bertz CT molecular complexity index is 837. The maximum absolute atomic E-state index is 5.72. The van der Waals surface area contributed by atoms with Gasteiger partial charge in [-0.2, -0.15) is 9.97 Å². The number of anilines is 1. The minimum Gasteiger partial charge on any atom is -0.476 e. The van der Waals surface area contributed by atoms with Crippen LogP contribution in [0.3, 0.4) is 0 Å². The van der Waals surface area contributed by atoms with E-state index >= 15 is 0 Å². The number of ether oxygens (including phenoxy) is 2. The quantitative estimate of drug-likeness (QED) is 0.712. The molecule has 0 aliphatic carbocycles. The fourth-order valence-corrected chi connectivity index (χ4v) is 3.13. The van der Waals surface area contributed by atoms with E-state index < -0.39 is 0 Å². The molecule has 0 atom stereocenters. The van der Waals surface area contributed by atoms with Gasteiger partial charge in [0, 0.05) is 44.5 Å². The van der Waals surface area contributed by atoms with Crippen molar-refractivity contribution in [2.75, 3.05) is 58.3 Å². The molecular weight excluding hydrogens is 348 g/mol. The molecule has 4 heterocycles. The Hall–Kier alpha value is -2.56. The predicted octanol–water partition coefficient (Wildman–Crippen LogP) is -0.106. The second-order valence-electron chi connectivity index (χ2n) is 6.38. The number of nitrogens with two attached hydrogens (primary N) is 1. The molecule has 4 rings (SSSR count). The number of rotatable bonds is 6. The molecule has 2 aromatic heterocycles. The number of hydrogen-bond acceptors (Lipinski definition) is 10. The van der Waals surface area contributed by atoms with Gasteiger partial charge in [0.05, 0.1) is 31.7 Å². The van der Waals surface area contributed by atoms with Crippen LogP contribution >= 0.6 is 0 Å². The third kappa shape index (κ3) is 4.07. The van der Waals surface area contributed by atoms with E-state index in [-0.39, 0.29) is 5.95 Å². The normalized spacial score (nSPS) is 18.1. The summed E-state index contributed by atoms with van der Waals surface area (Å²) in [7, 11) is 0. The van der Waals surface area contributed by atoms with Crippen LogP contribution in [0.15, 0.2) is 12.4 Å². The highest BCUT2D eigenvalue weighted by atomic mass is 16.5. The standard InChI is InChI=1S/C17H24N8O2/c1-2-27-16-14-15(22-17(18)23-16)19-10-13(21-14)12-9-20-25(11-12)4-3-24-5-7-26-8-6-24/h10-11,20H,2-9H2,1H3,(H2,18,19,22,23). The third-order valence-electron chi connectivity index (χ3n) is 4.55. The van der Waals surface area contributed by atoms with Crippen molar-refractivity contribution in [1.82, 2.24) is 35.3 Å². The number of nitrogens with zero attached hydrogens (tertiary/aromatic N) is 6. The van der Waals surface area contributed by atoms with Gasteiger partial charge in [0.15, 0.2) is 11.2 Å². The van der Waals surface area contributed by atoms with Crippen LogP contribution in [0, 0.1) is 0 Å². The van der Waals surface area contributed by atoms with E-state index in [9.17, 15) is 0 Å². The van der Waals surface area contributed by atoms with Crippen molar-refractivity contribution in [3.05, 3.63) is 18.1 Å². The molecule has 10 nitrogen and oxygen atoms in total. The van der Waals surface area contributed by atoms with Crippen molar-refractivity contribution >= 4 is 22.7 Å². The number of morpholine rings is 1. The molecule has 0 unspecified atom stereocenters. The molecule has 0 spiro atoms. The predicted molar refractivity (Wildman–Crippen MR) is 101 cm³/mol. The first-order chi connectivity index (χ1) is 13.2. The van der Waals surface area contributed by atoms with Crippen molar-refractivity contribution < 1.29 is 9.47 Å². The Balaban J connectivity index is 1.49. The molecule has 27 heavy (non-hydrogen) atoms. The lowest BCUT2D eigenvalue weighted by Crippen LogP contribution is -2.42. The van der Waals surface area contributed by atoms with Crippen LogP contribution in [0.4, 0.5) is 5.95 Å². The average Bonchev–Trinajstić information content (AvgIpc) is 3.16. The molecule has 1 saturated heterocycles. The Morgan fingerprint density at radius 2 is 2.07 bits per heavy atom. The van der Waals surface area contributed by atoms with E-state index in [1.165, 1.54) is 0 Å². The molecular formula is C17H24N8O2. The zero-order valence-electron chi connectivity index (χ0n) is 15.4. The summed E-state index contributed by atoms with van der Waals surface area (Å²) < 4.78 is 10.9. The summed E-state index contributed by atoms with van der Waals surface area (Å²) in [6.45, 7) is 8.55. The van der Waals surface area contributed by atoms with E-state index in [4.69, 9.17) is 15.2 Å². The number of nitrogens with one attached hydrogen (secondary N) is 1. The van der Waals surface area contributed by atoms with Gasteiger partial charge < -0.3 is 20.2 Å². The summed E-state index contributed by atoms with van der Waals surface area (Å²) in [4.78, 5) is 19.7. The average molecular weight is 372 g/mol. The van der Waals surface area contributed by atoms with Crippen LogP contribution in [0.2, 0.25) is 0 Å². The molecule has 0 amide bonds. The summed E-state index contributed by atoms with van der Waals surface area (Å²) in [5.74, 6) is 0.495. The van der Waals surface area contributed by atoms with Crippen LogP contribution in [-0.2, 0) is 4.74 Å². The van der Waals surface area contributed by atoms with E-state index in [2.05, 4.69) is 41.5 Å². The molecule has 2 aromatic rings. The maximum Gasteiger partial charge on any atom is 0.247 e. The molecule has 10 heteroatoms. The van der Waals surface area contributed by atoms with Crippen LogP contribution in [0.1, 0.15) is 12.6 Å². The Kier molecular flexibility index (Phi) is 5.28. The maximum atomic E-state index is 5.72. The number of hydrazine groups is 1. The zero-order valence-corrected chi connectivity index (χ0v) is 15.4. The van der Waals surface area contributed by atoms with E-state index in [0.717, 1.165) is 50.7 Å². The molecule has 0 saturated carbocycles. The summed E-state index contributed by atoms with van der Waals surface area (Å²) in [6, 6.07) is 0. The van der Waals surface area contributed by atoms with Crippen molar-refractivity contribution in [2.45, 2.75) is 6.92 Å². The lowest BCUT2D eigenvalue weighted by molar-refractivity contribution is 0.0340. The van der Waals surface area contributed by atoms with Crippen LogP contribution in [0.5, 0.6) is 5.88 Å². The smallest absolute Gasteiger partial charge is 0.247 e. The summed E-state index contributed by atoms with van der Waals surface area (Å²) in [6.07, 6.45) is 3.79. The number of fused-ring (bicyclic) bond motifs is 1. The second kappa shape index (κ2) is 7.99. The highest BCUT2D eigenvalue weighted by molar-refractivity contribution is 5.79. The summed E-state index contributed by atoms with van der Waals surface area (Å²) in [5, 5.41) is 2.10. The van der Waals surface area contributed by atoms with Gasteiger partial charge in [-0.25, -0.2) is 15.4 Å². The third-order valence-corrected chi connectivity index (χ3v) is 4.55. The minimum atomic E-state index is 0.129. The van der Waals surface area contributed by atoms with E-state index in [0.29, 0.717) is 30.2 Å². The number of hydrogen-bond donors (Lipinski definition) is 2. The first-order valence-corrected chi connectivity index (χ1v) is 9.17. The Labute approximate surface area is 157 Å². The van der Waals surface area contributed by atoms with Crippen LogP contribution in [-0.4, -0.2) is 82.4 Å². The van der Waals surface area contributed by atoms with Gasteiger partial charge in [-0.15, -0.1) is 0 Å². The molecule has 1 fully saturated rings. The van der Waals surface area contributed by atoms with Gasteiger partial charge in [0.2, 0.25) is 11.8 Å². The molecule has 3 N–H and O–H groups in total. The topological polar surface area (TPSA) is 115 Å². The van der Waals surface area contributed by atoms with Gasteiger partial charge in [-0.3, -0.25) is 4.90 Å². The van der Waals surface area contributed by atoms with Gasteiger partial charge >= 0.3 is 0 Å². The molecule has 2 aliphatic heterocycles. The summed E-state index contributed by atoms with van der Waals surface area (Å²) in [5.41, 5.74) is 11.9. The van der Waals surface area contributed by atoms with Gasteiger partial charge in [0.1, 0.15) is 0 Å². The van der Waals surface area contributed by atoms with Gasteiger partial charge in [-0.05, 0) is 6.92 Å². The minimum absolute atomic E-state index is 0.129. The number of aromatic nitrogens is 4. The number of nitrogen functional groups attached to an aromatic ring is 1. The SMILES string of the molecule is CCOc1nc(N)nc2ncc(C3=CN(CCN4CCOCC4)NC3)nc12.